The molecule has 3 heteroatoms. The summed E-state index contributed by atoms with van der Waals surface area (Å²) in [4.78, 5) is 14.6. The van der Waals surface area contributed by atoms with Crippen LogP contribution in [0, 0.1) is 0 Å². The highest BCUT2D eigenvalue weighted by Gasteiger charge is 2.05. The Morgan fingerprint density at radius 3 is 3.06 bits per heavy atom. The number of allylic oxidation sites excluding steroid dienone is 1. The van der Waals surface area contributed by atoms with Crippen molar-refractivity contribution in [2.24, 2.45) is 0 Å². The summed E-state index contributed by atoms with van der Waals surface area (Å²) >= 11 is 0. The first-order chi connectivity index (χ1) is 8.34. The van der Waals surface area contributed by atoms with E-state index in [1.54, 1.807) is 0 Å². The summed E-state index contributed by atoms with van der Waals surface area (Å²) in [6.07, 6.45) is 10.7. The maximum absolute atomic E-state index is 11.6. The van der Waals surface area contributed by atoms with E-state index in [1.165, 1.54) is 31.3 Å². The molecular formula is C14H20N2O. The molecule has 1 aliphatic carbocycles. The zero-order valence-corrected chi connectivity index (χ0v) is 10.2. The second kappa shape index (κ2) is 6.28. The van der Waals surface area contributed by atoms with Gasteiger partial charge < -0.3 is 10.3 Å². The molecule has 17 heavy (non-hydrogen) atoms. The van der Waals surface area contributed by atoms with E-state index in [0.29, 0.717) is 6.42 Å². The summed E-state index contributed by atoms with van der Waals surface area (Å²) in [5.74, 6) is 0.101. The van der Waals surface area contributed by atoms with Crippen LogP contribution in [0.15, 0.2) is 30.0 Å². The van der Waals surface area contributed by atoms with Crippen LogP contribution in [-0.2, 0) is 11.2 Å². The minimum atomic E-state index is 0.101. The Bertz CT molecular complexity index is 379. The Morgan fingerprint density at radius 1 is 1.41 bits per heavy atom. The van der Waals surface area contributed by atoms with Crippen molar-refractivity contribution in [3.05, 3.63) is 35.7 Å². The molecule has 1 aromatic rings. The van der Waals surface area contributed by atoms with Gasteiger partial charge in [-0.2, -0.15) is 0 Å². The fourth-order valence-electron chi connectivity index (χ4n) is 2.21. The second-order valence-corrected chi connectivity index (χ2v) is 4.58. The van der Waals surface area contributed by atoms with Crippen LogP contribution in [0.1, 0.15) is 37.8 Å². The van der Waals surface area contributed by atoms with E-state index in [9.17, 15) is 4.79 Å². The van der Waals surface area contributed by atoms with Crippen LogP contribution in [-0.4, -0.2) is 17.4 Å². The molecule has 0 bridgehead atoms. The van der Waals surface area contributed by atoms with Crippen LogP contribution < -0.4 is 5.32 Å². The number of carbonyl (C=O) groups excluding carboxylic acids is 1. The number of carbonyl (C=O) groups is 1. The van der Waals surface area contributed by atoms with Crippen LogP contribution >= 0.6 is 0 Å². The van der Waals surface area contributed by atoms with Gasteiger partial charge in [-0.3, -0.25) is 4.79 Å². The molecule has 2 N–H and O–H groups in total. The summed E-state index contributed by atoms with van der Waals surface area (Å²) in [6.45, 7) is 0.769. The topological polar surface area (TPSA) is 44.9 Å². The van der Waals surface area contributed by atoms with Crippen molar-refractivity contribution >= 4 is 5.91 Å². The van der Waals surface area contributed by atoms with Gasteiger partial charge in [-0.15, -0.1) is 0 Å². The maximum atomic E-state index is 11.6. The van der Waals surface area contributed by atoms with Crippen LogP contribution in [0.3, 0.4) is 0 Å². The molecule has 0 aliphatic heterocycles. The fourth-order valence-corrected chi connectivity index (χ4v) is 2.21. The lowest BCUT2D eigenvalue weighted by molar-refractivity contribution is -0.120. The second-order valence-electron chi connectivity index (χ2n) is 4.58. The Balaban J connectivity index is 1.64. The first kappa shape index (κ1) is 12.0. The van der Waals surface area contributed by atoms with Crippen molar-refractivity contribution in [2.75, 3.05) is 6.54 Å². The number of H-pyrrole nitrogens is 1. The monoisotopic (exact) mass is 232 g/mol. The third kappa shape index (κ3) is 4.10. The number of amides is 1. The van der Waals surface area contributed by atoms with Gasteiger partial charge in [0.15, 0.2) is 0 Å². The van der Waals surface area contributed by atoms with Crippen molar-refractivity contribution in [3.8, 4) is 0 Å². The smallest absolute Gasteiger partial charge is 0.225 e. The van der Waals surface area contributed by atoms with Crippen molar-refractivity contribution < 1.29 is 4.79 Å². The van der Waals surface area contributed by atoms with Crippen LogP contribution in [0.5, 0.6) is 0 Å². The van der Waals surface area contributed by atoms with Gasteiger partial charge in [0.2, 0.25) is 5.91 Å². The highest BCUT2D eigenvalue weighted by molar-refractivity contribution is 5.78. The van der Waals surface area contributed by atoms with Gasteiger partial charge in [0.05, 0.1) is 6.42 Å². The van der Waals surface area contributed by atoms with E-state index in [0.717, 1.165) is 18.7 Å². The minimum Gasteiger partial charge on any atom is -0.365 e. The molecule has 1 heterocycles. The number of rotatable bonds is 5. The first-order valence-corrected chi connectivity index (χ1v) is 6.41. The Kier molecular flexibility index (Phi) is 4.42. The molecule has 2 rings (SSSR count). The van der Waals surface area contributed by atoms with E-state index in [2.05, 4.69) is 16.4 Å². The Labute approximate surface area is 102 Å². The number of nitrogens with one attached hydrogen (secondary N) is 2. The van der Waals surface area contributed by atoms with Gasteiger partial charge in [0.25, 0.3) is 0 Å². The zero-order valence-electron chi connectivity index (χ0n) is 10.2. The van der Waals surface area contributed by atoms with Crippen LogP contribution in [0.2, 0.25) is 0 Å². The van der Waals surface area contributed by atoms with Crippen molar-refractivity contribution in [3.63, 3.8) is 0 Å². The zero-order chi connectivity index (χ0) is 11.9. The lowest BCUT2D eigenvalue weighted by Gasteiger charge is -2.12. The quantitative estimate of drug-likeness (QED) is 0.753. The standard InChI is InChI=1S/C14H20N2O/c17-14(11-13-7-4-9-15-13)16-10-8-12-5-2-1-3-6-12/h4-5,7,9,15H,1-3,6,8,10-11H2,(H,16,17). The molecule has 92 valence electrons. The summed E-state index contributed by atoms with van der Waals surface area (Å²) in [5, 5.41) is 2.97. The SMILES string of the molecule is O=C(Cc1ccc[nH]1)NCCC1=CCCCC1. The largest absolute Gasteiger partial charge is 0.365 e. The fraction of sp³-hybridized carbons (Fsp3) is 0.500. The first-order valence-electron chi connectivity index (χ1n) is 6.41. The molecule has 3 nitrogen and oxygen atoms in total. The summed E-state index contributed by atoms with van der Waals surface area (Å²) in [6, 6.07) is 3.85. The highest BCUT2D eigenvalue weighted by atomic mass is 16.1. The van der Waals surface area contributed by atoms with Crippen molar-refractivity contribution in [1.29, 1.82) is 0 Å². The summed E-state index contributed by atoms with van der Waals surface area (Å²) in [7, 11) is 0. The van der Waals surface area contributed by atoms with Gasteiger partial charge in [-0.1, -0.05) is 11.6 Å². The maximum Gasteiger partial charge on any atom is 0.225 e. The third-order valence-corrected chi connectivity index (χ3v) is 3.17. The number of hydrogen-bond donors (Lipinski definition) is 2. The molecule has 0 saturated carbocycles. The number of hydrogen-bond acceptors (Lipinski definition) is 1. The molecule has 0 atom stereocenters. The molecule has 0 fully saturated rings. The van der Waals surface area contributed by atoms with Crippen molar-refractivity contribution in [2.45, 2.75) is 38.5 Å². The van der Waals surface area contributed by atoms with Gasteiger partial charge in [0, 0.05) is 18.4 Å². The Morgan fingerprint density at radius 2 is 2.35 bits per heavy atom. The molecular weight excluding hydrogens is 212 g/mol. The molecule has 0 aromatic carbocycles. The predicted molar refractivity (Wildman–Crippen MR) is 68.7 cm³/mol. The van der Waals surface area contributed by atoms with Crippen LogP contribution in [0.4, 0.5) is 0 Å². The van der Waals surface area contributed by atoms with Gasteiger partial charge in [-0.05, 0) is 44.2 Å². The minimum absolute atomic E-state index is 0.101. The molecule has 0 saturated heterocycles. The number of aromatic nitrogens is 1. The lowest BCUT2D eigenvalue weighted by Crippen LogP contribution is -2.26. The molecule has 0 radical (unpaired) electrons. The molecule has 0 spiro atoms. The van der Waals surface area contributed by atoms with E-state index < -0.39 is 0 Å². The van der Waals surface area contributed by atoms with Crippen molar-refractivity contribution in [1.82, 2.24) is 10.3 Å². The highest BCUT2D eigenvalue weighted by Crippen LogP contribution is 2.19. The molecule has 1 aliphatic rings. The Hall–Kier alpha value is -1.51. The average Bonchev–Trinajstić information content (AvgIpc) is 2.83. The van der Waals surface area contributed by atoms with Gasteiger partial charge in [-0.25, -0.2) is 0 Å². The summed E-state index contributed by atoms with van der Waals surface area (Å²) in [5.41, 5.74) is 2.48. The van der Waals surface area contributed by atoms with E-state index in [1.807, 2.05) is 18.3 Å². The lowest BCUT2D eigenvalue weighted by atomic mass is 9.97. The normalized spacial score (nSPS) is 15.4. The van der Waals surface area contributed by atoms with E-state index >= 15 is 0 Å². The van der Waals surface area contributed by atoms with Crippen LogP contribution in [0.25, 0.3) is 0 Å². The molecule has 1 aromatic heterocycles. The molecule has 0 unspecified atom stereocenters. The number of aromatic amines is 1. The molecule has 1 amide bonds. The third-order valence-electron chi connectivity index (χ3n) is 3.17. The van der Waals surface area contributed by atoms with Gasteiger partial charge >= 0.3 is 0 Å². The van der Waals surface area contributed by atoms with E-state index in [-0.39, 0.29) is 5.91 Å². The summed E-state index contributed by atoms with van der Waals surface area (Å²) < 4.78 is 0. The average molecular weight is 232 g/mol. The van der Waals surface area contributed by atoms with Gasteiger partial charge in [0.1, 0.15) is 0 Å². The van der Waals surface area contributed by atoms with E-state index in [4.69, 9.17) is 0 Å². The predicted octanol–water partition coefficient (Wildman–Crippen LogP) is 2.56.